The number of amides is 3. The number of carbonyl (C=O) groups is 2. The highest BCUT2D eigenvalue weighted by molar-refractivity contribution is 5.93. The average molecular weight is 369 g/mol. The van der Waals surface area contributed by atoms with Gasteiger partial charge in [-0.1, -0.05) is 0 Å². The molecular formula is C19H23N5O3. The van der Waals surface area contributed by atoms with Gasteiger partial charge >= 0.3 is 6.03 Å². The van der Waals surface area contributed by atoms with Crippen molar-refractivity contribution < 1.29 is 14.3 Å². The van der Waals surface area contributed by atoms with E-state index in [-0.39, 0.29) is 18.0 Å². The average Bonchev–Trinajstić information content (AvgIpc) is 2.70. The third-order valence-electron chi connectivity index (χ3n) is 4.32. The van der Waals surface area contributed by atoms with E-state index in [2.05, 4.69) is 15.3 Å². The molecule has 0 radical (unpaired) electrons. The summed E-state index contributed by atoms with van der Waals surface area (Å²) in [4.78, 5) is 35.6. The van der Waals surface area contributed by atoms with E-state index >= 15 is 0 Å². The Kier molecular flexibility index (Phi) is 5.85. The van der Waals surface area contributed by atoms with Gasteiger partial charge in [0.05, 0.1) is 17.4 Å². The zero-order chi connectivity index (χ0) is 19.2. The van der Waals surface area contributed by atoms with Crippen LogP contribution >= 0.6 is 0 Å². The molecule has 142 valence electrons. The predicted molar refractivity (Wildman–Crippen MR) is 101 cm³/mol. The van der Waals surface area contributed by atoms with Crippen LogP contribution in [0.4, 0.5) is 10.5 Å². The van der Waals surface area contributed by atoms with Crippen LogP contribution in [0, 0.1) is 0 Å². The van der Waals surface area contributed by atoms with Gasteiger partial charge in [-0.3, -0.25) is 9.78 Å². The molecule has 1 N–H and O–H groups in total. The number of nitrogens with one attached hydrogen (secondary N) is 1. The molecule has 0 aromatic carbocycles. The summed E-state index contributed by atoms with van der Waals surface area (Å²) in [6.07, 6.45) is 6.31. The summed E-state index contributed by atoms with van der Waals surface area (Å²) < 4.78 is 5.91. The van der Waals surface area contributed by atoms with Crippen LogP contribution in [0.2, 0.25) is 0 Å². The summed E-state index contributed by atoms with van der Waals surface area (Å²) in [6, 6.07) is 6.82. The number of rotatable bonds is 4. The Morgan fingerprint density at radius 3 is 2.56 bits per heavy atom. The molecule has 0 spiro atoms. The predicted octanol–water partition coefficient (Wildman–Crippen LogP) is 2.25. The molecule has 1 aliphatic rings. The molecule has 3 heterocycles. The molecule has 2 aromatic rings. The first-order valence-corrected chi connectivity index (χ1v) is 8.83. The van der Waals surface area contributed by atoms with Crippen molar-refractivity contribution in [2.75, 3.05) is 32.5 Å². The summed E-state index contributed by atoms with van der Waals surface area (Å²) in [6.45, 7) is 1.27. The Morgan fingerprint density at radius 2 is 1.96 bits per heavy atom. The number of likely N-dealkylation sites (tertiary alicyclic amines) is 1. The van der Waals surface area contributed by atoms with E-state index in [1.165, 1.54) is 4.90 Å². The SMILES string of the molecule is CN(C)C(=O)Nc1ccc(OC2CCN(C(=O)c3cccnc3)CC2)nc1. The summed E-state index contributed by atoms with van der Waals surface area (Å²) in [5, 5.41) is 2.73. The van der Waals surface area contributed by atoms with Crippen LogP contribution in [-0.2, 0) is 0 Å². The van der Waals surface area contributed by atoms with Crippen LogP contribution in [0.25, 0.3) is 0 Å². The molecular weight excluding hydrogens is 346 g/mol. The van der Waals surface area contributed by atoms with Crippen LogP contribution in [-0.4, -0.2) is 65.0 Å². The molecule has 1 aliphatic heterocycles. The highest BCUT2D eigenvalue weighted by Crippen LogP contribution is 2.20. The fourth-order valence-corrected chi connectivity index (χ4v) is 2.78. The maximum absolute atomic E-state index is 12.4. The minimum Gasteiger partial charge on any atom is -0.474 e. The van der Waals surface area contributed by atoms with Gasteiger partial charge in [-0.15, -0.1) is 0 Å². The molecule has 0 unspecified atom stereocenters. The third-order valence-corrected chi connectivity index (χ3v) is 4.32. The van der Waals surface area contributed by atoms with Crippen LogP contribution in [0.1, 0.15) is 23.2 Å². The van der Waals surface area contributed by atoms with Gasteiger partial charge < -0.3 is 19.9 Å². The van der Waals surface area contributed by atoms with Gasteiger partial charge in [-0.05, 0) is 18.2 Å². The standard InChI is InChI=1S/C19H23N5O3/c1-23(2)19(26)22-15-5-6-17(21-13-15)27-16-7-10-24(11-8-16)18(25)14-4-3-9-20-12-14/h3-6,9,12-13,16H,7-8,10-11H2,1-2H3,(H,22,26). The Bertz CT molecular complexity index is 772. The number of pyridine rings is 2. The van der Waals surface area contributed by atoms with E-state index < -0.39 is 0 Å². The molecule has 8 nitrogen and oxygen atoms in total. The number of piperidine rings is 1. The lowest BCUT2D eigenvalue weighted by atomic mass is 10.1. The maximum atomic E-state index is 12.4. The van der Waals surface area contributed by atoms with E-state index in [1.807, 2.05) is 4.90 Å². The zero-order valence-electron chi connectivity index (χ0n) is 15.5. The minimum atomic E-state index is -0.212. The van der Waals surface area contributed by atoms with Crippen molar-refractivity contribution in [2.24, 2.45) is 0 Å². The quantitative estimate of drug-likeness (QED) is 0.893. The van der Waals surface area contributed by atoms with E-state index in [0.717, 1.165) is 12.8 Å². The van der Waals surface area contributed by atoms with E-state index in [9.17, 15) is 9.59 Å². The first kappa shape index (κ1) is 18.6. The summed E-state index contributed by atoms with van der Waals surface area (Å²) >= 11 is 0. The van der Waals surface area contributed by atoms with Crippen molar-refractivity contribution >= 4 is 17.6 Å². The molecule has 0 saturated carbocycles. The molecule has 3 amide bonds. The summed E-state index contributed by atoms with van der Waals surface area (Å²) in [5.41, 5.74) is 1.21. The molecule has 0 aliphatic carbocycles. The zero-order valence-corrected chi connectivity index (χ0v) is 15.5. The van der Waals surface area contributed by atoms with Gasteiger partial charge in [-0.25, -0.2) is 9.78 Å². The van der Waals surface area contributed by atoms with Crippen molar-refractivity contribution in [2.45, 2.75) is 18.9 Å². The second-order valence-corrected chi connectivity index (χ2v) is 6.56. The van der Waals surface area contributed by atoms with Gasteiger partial charge in [0.2, 0.25) is 5.88 Å². The Morgan fingerprint density at radius 1 is 1.19 bits per heavy atom. The lowest BCUT2D eigenvalue weighted by Gasteiger charge is -2.32. The highest BCUT2D eigenvalue weighted by atomic mass is 16.5. The first-order chi connectivity index (χ1) is 13.0. The monoisotopic (exact) mass is 369 g/mol. The second-order valence-electron chi connectivity index (χ2n) is 6.56. The number of hydrogen-bond acceptors (Lipinski definition) is 5. The topological polar surface area (TPSA) is 87.7 Å². The van der Waals surface area contributed by atoms with Gasteiger partial charge in [0, 0.05) is 58.5 Å². The number of urea groups is 1. The first-order valence-electron chi connectivity index (χ1n) is 8.83. The van der Waals surface area contributed by atoms with Crippen molar-refractivity contribution in [3.8, 4) is 5.88 Å². The van der Waals surface area contributed by atoms with Gasteiger partial charge in [-0.2, -0.15) is 0 Å². The Labute approximate surface area is 158 Å². The molecule has 8 heteroatoms. The highest BCUT2D eigenvalue weighted by Gasteiger charge is 2.25. The van der Waals surface area contributed by atoms with Gasteiger partial charge in [0.1, 0.15) is 6.10 Å². The molecule has 0 bridgehead atoms. The summed E-state index contributed by atoms with van der Waals surface area (Å²) in [5.74, 6) is 0.510. The lowest BCUT2D eigenvalue weighted by molar-refractivity contribution is 0.0587. The van der Waals surface area contributed by atoms with Crippen molar-refractivity contribution in [3.05, 3.63) is 48.4 Å². The van der Waals surface area contributed by atoms with Crippen LogP contribution in [0.5, 0.6) is 5.88 Å². The molecule has 1 saturated heterocycles. The van der Waals surface area contributed by atoms with Crippen LogP contribution in [0.15, 0.2) is 42.9 Å². The maximum Gasteiger partial charge on any atom is 0.321 e. The van der Waals surface area contributed by atoms with Crippen LogP contribution in [0.3, 0.4) is 0 Å². The third kappa shape index (κ3) is 4.93. The Hall–Kier alpha value is -3.16. The largest absolute Gasteiger partial charge is 0.474 e. The van der Waals surface area contributed by atoms with Gasteiger partial charge in [0.25, 0.3) is 5.91 Å². The number of aromatic nitrogens is 2. The van der Waals surface area contributed by atoms with Crippen molar-refractivity contribution in [1.29, 1.82) is 0 Å². The molecule has 2 aromatic heterocycles. The number of carbonyl (C=O) groups excluding carboxylic acids is 2. The normalized spacial score (nSPS) is 14.5. The number of anilines is 1. The molecule has 27 heavy (non-hydrogen) atoms. The number of ether oxygens (including phenoxy) is 1. The number of nitrogens with zero attached hydrogens (tertiary/aromatic N) is 4. The minimum absolute atomic E-state index is 0.000613. The Balaban J connectivity index is 1.49. The van der Waals surface area contributed by atoms with Crippen molar-refractivity contribution in [1.82, 2.24) is 19.8 Å². The van der Waals surface area contributed by atoms with E-state index in [0.29, 0.717) is 30.2 Å². The lowest BCUT2D eigenvalue weighted by Crippen LogP contribution is -2.41. The van der Waals surface area contributed by atoms with Crippen LogP contribution < -0.4 is 10.1 Å². The molecule has 0 atom stereocenters. The fraction of sp³-hybridized carbons (Fsp3) is 0.368. The fourth-order valence-electron chi connectivity index (χ4n) is 2.78. The second kappa shape index (κ2) is 8.48. The van der Waals surface area contributed by atoms with E-state index in [1.54, 1.807) is 57.0 Å². The van der Waals surface area contributed by atoms with E-state index in [4.69, 9.17) is 4.74 Å². The van der Waals surface area contributed by atoms with Gasteiger partial charge in [0.15, 0.2) is 0 Å². The molecule has 1 fully saturated rings. The smallest absolute Gasteiger partial charge is 0.321 e. The summed E-state index contributed by atoms with van der Waals surface area (Å²) in [7, 11) is 3.34. The number of hydrogen-bond donors (Lipinski definition) is 1. The van der Waals surface area contributed by atoms with Crippen molar-refractivity contribution in [3.63, 3.8) is 0 Å². The molecule has 3 rings (SSSR count).